The summed E-state index contributed by atoms with van der Waals surface area (Å²) in [7, 11) is 0. The first-order valence-electron chi connectivity index (χ1n) is 7.27. The lowest BCUT2D eigenvalue weighted by atomic mass is 9.98. The van der Waals surface area contributed by atoms with Crippen molar-refractivity contribution in [1.29, 1.82) is 0 Å². The molecule has 0 unspecified atom stereocenters. The van der Waals surface area contributed by atoms with Gasteiger partial charge in [-0.3, -0.25) is 4.98 Å². The average Bonchev–Trinajstić information content (AvgIpc) is 2.62. The summed E-state index contributed by atoms with van der Waals surface area (Å²) >= 11 is 0. The van der Waals surface area contributed by atoms with Crippen LogP contribution in [0.25, 0.3) is 33.3 Å². The highest BCUT2D eigenvalue weighted by Gasteiger charge is 2.11. The van der Waals surface area contributed by atoms with Crippen LogP contribution in [0.3, 0.4) is 0 Å². The molecule has 0 saturated carbocycles. The van der Waals surface area contributed by atoms with Crippen LogP contribution in [0.5, 0.6) is 0 Å². The fourth-order valence-electron chi connectivity index (χ4n) is 2.67. The molecule has 0 amide bonds. The van der Waals surface area contributed by atoms with Crippen LogP contribution in [0.15, 0.2) is 85.2 Å². The zero-order chi connectivity index (χ0) is 14.8. The van der Waals surface area contributed by atoms with Crippen LogP contribution in [0.4, 0.5) is 0 Å². The van der Waals surface area contributed by atoms with Gasteiger partial charge in [-0.15, -0.1) is 0 Å². The second kappa shape index (κ2) is 5.41. The zero-order valence-electron chi connectivity index (χ0n) is 12.0. The van der Waals surface area contributed by atoms with E-state index >= 15 is 0 Å². The summed E-state index contributed by atoms with van der Waals surface area (Å²) in [5.41, 5.74) is 5.31. The molecule has 2 heterocycles. The molecular formula is C20H14N2. The van der Waals surface area contributed by atoms with Crippen LogP contribution in [0.1, 0.15) is 0 Å². The van der Waals surface area contributed by atoms with E-state index < -0.39 is 0 Å². The normalized spacial score (nSPS) is 10.7. The lowest BCUT2D eigenvalue weighted by Gasteiger charge is -2.11. The van der Waals surface area contributed by atoms with Gasteiger partial charge in [-0.2, -0.15) is 0 Å². The molecular weight excluding hydrogens is 268 g/mol. The Bertz CT molecular complexity index is 838. The number of nitrogens with zero attached hydrogens (tertiary/aromatic N) is 2. The standard InChI is InChI=1S/C20H14N2/c1-2-7-15(8-3-1)20-18(17-10-6-12-21-14-17)13-16-9-4-5-11-19(16)22-20/h1-14H. The smallest absolute Gasteiger partial charge is 0.0788 e. The predicted octanol–water partition coefficient (Wildman–Crippen LogP) is 4.96. The molecule has 2 nitrogen and oxygen atoms in total. The maximum atomic E-state index is 4.89. The summed E-state index contributed by atoms with van der Waals surface area (Å²) in [5.74, 6) is 0. The molecule has 0 atom stereocenters. The summed E-state index contributed by atoms with van der Waals surface area (Å²) < 4.78 is 0. The van der Waals surface area contributed by atoms with Gasteiger partial charge in [0.1, 0.15) is 0 Å². The fourth-order valence-corrected chi connectivity index (χ4v) is 2.67. The quantitative estimate of drug-likeness (QED) is 0.519. The number of fused-ring (bicyclic) bond motifs is 1. The van der Waals surface area contributed by atoms with E-state index in [0.717, 1.165) is 33.3 Å². The lowest BCUT2D eigenvalue weighted by Crippen LogP contribution is -1.91. The molecule has 0 saturated heterocycles. The molecule has 0 aliphatic heterocycles. The molecule has 2 aromatic heterocycles. The molecule has 2 aromatic carbocycles. The summed E-state index contributed by atoms with van der Waals surface area (Å²) in [4.78, 5) is 9.14. The largest absolute Gasteiger partial charge is 0.264 e. The van der Waals surface area contributed by atoms with Crippen molar-refractivity contribution >= 4 is 10.9 Å². The monoisotopic (exact) mass is 282 g/mol. The van der Waals surface area contributed by atoms with Gasteiger partial charge >= 0.3 is 0 Å². The van der Waals surface area contributed by atoms with Gasteiger partial charge in [0.25, 0.3) is 0 Å². The Morgan fingerprint density at radius 1 is 0.682 bits per heavy atom. The van der Waals surface area contributed by atoms with Crippen LogP contribution in [-0.4, -0.2) is 9.97 Å². The summed E-state index contributed by atoms with van der Waals surface area (Å²) in [6.07, 6.45) is 3.68. The van der Waals surface area contributed by atoms with Crippen LogP contribution < -0.4 is 0 Å². The Kier molecular flexibility index (Phi) is 3.13. The highest BCUT2D eigenvalue weighted by atomic mass is 14.7. The summed E-state index contributed by atoms with van der Waals surface area (Å²) in [6.45, 7) is 0. The molecule has 0 radical (unpaired) electrons. The molecule has 4 rings (SSSR count). The maximum absolute atomic E-state index is 4.89. The first-order chi connectivity index (χ1) is 10.9. The topological polar surface area (TPSA) is 25.8 Å². The molecule has 0 N–H and O–H groups in total. The highest BCUT2D eigenvalue weighted by molar-refractivity contribution is 5.91. The van der Waals surface area contributed by atoms with Crippen LogP contribution in [0.2, 0.25) is 0 Å². The number of hydrogen-bond donors (Lipinski definition) is 0. The Morgan fingerprint density at radius 2 is 1.45 bits per heavy atom. The van der Waals surface area contributed by atoms with Gasteiger partial charge in [0, 0.05) is 34.5 Å². The van der Waals surface area contributed by atoms with Crippen molar-refractivity contribution < 1.29 is 0 Å². The van der Waals surface area contributed by atoms with E-state index in [2.05, 4.69) is 41.4 Å². The van der Waals surface area contributed by atoms with Crippen molar-refractivity contribution in [3.63, 3.8) is 0 Å². The van der Waals surface area contributed by atoms with E-state index in [0.29, 0.717) is 0 Å². The zero-order valence-corrected chi connectivity index (χ0v) is 12.0. The van der Waals surface area contributed by atoms with E-state index in [4.69, 9.17) is 4.98 Å². The van der Waals surface area contributed by atoms with Crippen molar-refractivity contribution in [3.05, 3.63) is 85.2 Å². The third-order valence-corrected chi connectivity index (χ3v) is 3.74. The SMILES string of the molecule is c1ccc(-c2nc3ccccc3cc2-c2cccnc2)cc1. The van der Waals surface area contributed by atoms with Crippen molar-refractivity contribution in [2.45, 2.75) is 0 Å². The Labute approximate surface area is 129 Å². The van der Waals surface area contributed by atoms with Gasteiger partial charge in [0.05, 0.1) is 11.2 Å². The van der Waals surface area contributed by atoms with E-state index in [9.17, 15) is 0 Å². The van der Waals surface area contributed by atoms with Gasteiger partial charge < -0.3 is 0 Å². The maximum Gasteiger partial charge on any atom is 0.0788 e. The Balaban J connectivity index is 2.04. The summed E-state index contributed by atoms with van der Waals surface area (Å²) in [5, 5.41) is 1.14. The number of rotatable bonds is 2. The minimum absolute atomic E-state index is 0.993. The molecule has 0 spiro atoms. The van der Waals surface area contributed by atoms with Crippen LogP contribution >= 0.6 is 0 Å². The van der Waals surface area contributed by atoms with Crippen LogP contribution in [0, 0.1) is 0 Å². The second-order valence-corrected chi connectivity index (χ2v) is 5.18. The number of benzene rings is 2. The van der Waals surface area contributed by atoms with Gasteiger partial charge in [0.15, 0.2) is 0 Å². The van der Waals surface area contributed by atoms with E-state index in [1.807, 2.05) is 42.6 Å². The van der Waals surface area contributed by atoms with E-state index in [1.165, 1.54) is 0 Å². The minimum atomic E-state index is 0.993. The number of para-hydroxylation sites is 1. The van der Waals surface area contributed by atoms with Crippen molar-refractivity contribution in [1.82, 2.24) is 9.97 Å². The molecule has 4 aromatic rings. The number of pyridine rings is 2. The van der Waals surface area contributed by atoms with Crippen molar-refractivity contribution in [2.75, 3.05) is 0 Å². The van der Waals surface area contributed by atoms with Crippen molar-refractivity contribution in [2.24, 2.45) is 0 Å². The molecule has 0 bridgehead atoms. The third-order valence-electron chi connectivity index (χ3n) is 3.74. The third kappa shape index (κ3) is 2.25. The first-order valence-corrected chi connectivity index (χ1v) is 7.27. The second-order valence-electron chi connectivity index (χ2n) is 5.18. The van der Waals surface area contributed by atoms with Gasteiger partial charge in [0.2, 0.25) is 0 Å². The minimum Gasteiger partial charge on any atom is -0.264 e. The van der Waals surface area contributed by atoms with Gasteiger partial charge in [-0.25, -0.2) is 4.98 Å². The Morgan fingerprint density at radius 3 is 2.27 bits per heavy atom. The molecule has 22 heavy (non-hydrogen) atoms. The summed E-state index contributed by atoms with van der Waals surface area (Å²) in [6, 6.07) is 24.7. The van der Waals surface area contributed by atoms with Gasteiger partial charge in [-0.05, 0) is 18.2 Å². The first kappa shape index (κ1) is 12.7. The van der Waals surface area contributed by atoms with Gasteiger partial charge in [-0.1, -0.05) is 54.6 Å². The molecule has 0 aliphatic rings. The molecule has 104 valence electrons. The number of aromatic nitrogens is 2. The average molecular weight is 282 g/mol. The highest BCUT2D eigenvalue weighted by Crippen LogP contribution is 2.32. The lowest BCUT2D eigenvalue weighted by molar-refractivity contribution is 1.32. The number of hydrogen-bond acceptors (Lipinski definition) is 2. The molecule has 0 aliphatic carbocycles. The molecule has 2 heteroatoms. The van der Waals surface area contributed by atoms with E-state index in [1.54, 1.807) is 6.20 Å². The van der Waals surface area contributed by atoms with E-state index in [-0.39, 0.29) is 0 Å². The predicted molar refractivity (Wildman–Crippen MR) is 90.4 cm³/mol. The Hall–Kier alpha value is -3.00. The van der Waals surface area contributed by atoms with Crippen LogP contribution in [-0.2, 0) is 0 Å². The fraction of sp³-hybridized carbons (Fsp3) is 0. The molecule has 0 fully saturated rings. The van der Waals surface area contributed by atoms with Crippen molar-refractivity contribution in [3.8, 4) is 22.4 Å².